The van der Waals surface area contributed by atoms with E-state index in [2.05, 4.69) is 15.4 Å². The van der Waals surface area contributed by atoms with Gasteiger partial charge in [0.1, 0.15) is 12.6 Å². The van der Waals surface area contributed by atoms with Crippen molar-refractivity contribution in [1.82, 2.24) is 25.1 Å². The molecule has 0 spiro atoms. The third-order valence-corrected chi connectivity index (χ3v) is 4.09. The third kappa shape index (κ3) is 3.53. The van der Waals surface area contributed by atoms with Gasteiger partial charge in [-0.25, -0.2) is 4.79 Å². The Kier molecular flexibility index (Phi) is 4.48. The van der Waals surface area contributed by atoms with E-state index in [9.17, 15) is 9.59 Å². The molecule has 1 heterocycles. The molecule has 8 nitrogen and oxygen atoms in total. The summed E-state index contributed by atoms with van der Waals surface area (Å²) in [6.45, 7) is 1.36. The number of carbonyl (C=O) groups excluding carboxylic acids is 1. The number of aromatic nitrogens is 4. The lowest BCUT2D eigenvalue weighted by atomic mass is 10.2. The smallest absolute Gasteiger partial charge is 0.326 e. The van der Waals surface area contributed by atoms with Gasteiger partial charge in [0.15, 0.2) is 0 Å². The lowest BCUT2D eigenvalue weighted by Gasteiger charge is -2.26. The van der Waals surface area contributed by atoms with Crippen molar-refractivity contribution in [2.75, 3.05) is 0 Å². The largest absolute Gasteiger partial charge is 0.480 e. The second kappa shape index (κ2) is 6.56. The number of rotatable bonds is 6. The Bertz CT molecular complexity index is 757. The van der Waals surface area contributed by atoms with Gasteiger partial charge in [-0.15, -0.1) is 10.2 Å². The minimum Gasteiger partial charge on any atom is -0.480 e. The van der Waals surface area contributed by atoms with Crippen LogP contribution in [0, 0.1) is 0 Å². The van der Waals surface area contributed by atoms with Gasteiger partial charge in [0.25, 0.3) is 0 Å². The van der Waals surface area contributed by atoms with Crippen LogP contribution in [0.4, 0.5) is 0 Å². The molecule has 1 fully saturated rings. The van der Waals surface area contributed by atoms with Crippen LogP contribution in [0.15, 0.2) is 24.3 Å². The topological polar surface area (TPSA) is 101 Å². The van der Waals surface area contributed by atoms with E-state index in [1.165, 1.54) is 16.6 Å². The van der Waals surface area contributed by atoms with E-state index in [-0.39, 0.29) is 18.5 Å². The first-order chi connectivity index (χ1) is 11.5. The number of hydrogen-bond donors (Lipinski definition) is 1. The van der Waals surface area contributed by atoms with Crippen LogP contribution >= 0.6 is 11.6 Å². The van der Waals surface area contributed by atoms with Crippen molar-refractivity contribution in [3.8, 4) is 11.4 Å². The summed E-state index contributed by atoms with van der Waals surface area (Å²) in [7, 11) is 0. The van der Waals surface area contributed by atoms with Gasteiger partial charge in [0.2, 0.25) is 11.7 Å². The molecule has 0 saturated heterocycles. The predicted octanol–water partition coefficient (Wildman–Crippen LogP) is 1.46. The van der Waals surface area contributed by atoms with Gasteiger partial charge in [-0.1, -0.05) is 11.6 Å². The highest BCUT2D eigenvalue weighted by Gasteiger charge is 2.38. The number of nitrogens with zero attached hydrogens (tertiary/aromatic N) is 5. The van der Waals surface area contributed by atoms with Crippen LogP contribution in [0.5, 0.6) is 0 Å². The fourth-order valence-electron chi connectivity index (χ4n) is 2.43. The maximum Gasteiger partial charge on any atom is 0.326 e. The molecule has 1 saturated carbocycles. The van der Waals surface area contributed by atoms with Gasteiger partial charge < -0.3 is 10.0 Å². The highest BCUT2D eigenvalue weighted by molar-refractivity contribution is 6.30. The molecule has 1 atom stereocenters. The summed E-state index contributed by atoms with van der Waals surface area (Å²) >= 11 is 5.84. The molecule has 1 unspecified atom stereocenters. The molecule has 0 aliphatic heterocycles. The highest BCUT2D eigenvalue weighted by atomic mass is 35.5. The molecule has 0 radical (unpaired) electrons. The molecular formula is C15H16ClN5O3. The van der Waals surface area contributed by atoms with Crippen molar-refractivity contribution in [2.45, 2.75) is 38.4 Å². The zero-order valence-corrected chi connectivity index (χ0v) is 13.7. The Balaban J connectivity index is 1.72. The molecule has 2 aromatic rings. The van der Waals surface area contributed by atoms with E-state index in [0.717, 1.165) is 18.4 Å². The van der Waals surface area contributed by atoms with E-state index < -0.39 is 12.0 Å². The number of carbonyl (C=O) groups is 2. The fraction of sp³-hybridized carbons (Fsp3) is 0.400. The molecule has 1 aliphatic carbocycles. The molecule has 24 heavy (non-hydrogen) atoms. The lowest BCUT2D eigenvalue weighted by Crippen LogP contribution is -2.46. The van der Waals surface area contributed by atoms with Crippen molar-refractivity contribution in [3.63, 3.8) is 0 Å². The second-order valence-corrected chi connectivity index (χ2v) is 6.13. The van der Waals surface area contributed by atoms with Crippen molar-refractivity contribution in [3.05, 3.63) is 29.3 Å². The van der Waals surface area contributed by atoms with Crippen LogP contribution in [0.3, 0.4) is 0 Å². The number of benzene rings is 1. The quantitative estimate of drug-likeness (QED) is 0.847. The van der Waals surface area contributed by atoms with Crippen LogP contribution in [0.1, 0.15) is 19.8 Å². The monoisotopic (exact) mass is 349 g/mol. The predicted molar refractivity (Wildman–Crippen MR) is 85.2 cm³/mol. The van der Waals surface area contributed by atoms with Crippen molar-refractivity contribution in [2.24, 2.45) is 0 Å². The first-order valence-electron chi connectivity index (χ1n) is 7.53. The van der Waals surface area contributed by atoms with E-state index in [4.69, 9.17) is 16.7 Å². The summed E-state index contributed by atoms with van der Waals surface area (Å²) in [6.07, 6.45) is 1.65. The maximum absolute atomic E-state index is 12.4. The fourth-order valence-corrected chi connectivity index (χ4v) is 2.56. The number of carboxylic acid groups (broad SMARTS) is 1. The molecule has 1 amide bonds. The van der Waals surface area contributed by atoms with Gasteiger partial charge in [-0.3, -0.25) is 4.79 Å². The first-order valence-corrected chi connectivity index (χ1v) is 7.91. The van der Waals surface area contributed by atoms with Crippen LogP contribution < -0.4 is 0 Å². The Morgan fingerprint density at radius 1 is 1.38 bits per heavy atom. The first kappa shape index (κ1) is 16.4. The number of amides is 1. The second-order valence-electron chi connectivity index (χ2n) is 5.70. The Hall–Kier alpha value is -2.48. The van der Waals surface area contributed by atoms with Crippen LogP contribution in [-0.2, 0) is 16.1 Å². The summed E-state index contributed by atoms with van der Waals surface area (Å²) in [4.78, 5) is 26.2. The molecule has 9 heteroatoms. The van der Waals surface area contributed by atoms with Gasteiger partial charge in [-0.05, 0) is 49.2 Å². The Morgan fingerprint density at radius 2 is 2.04 bits per heavy atom. The Morgan fingerprint density at radius 3 is 2.62 bits per heavy atom. The standard InChI is InChI=1S/C15H16ClN5O3/c1-9(15(23)24)21(12-6-7-12)13(22)8-20-18-14(17-19-20)10-2-4-11(16)5-3-10/h2-5,9,12H,6-8H2,1H3,(H,23,24). The van der Waals surface area contributed by atoms with Gasteiger partial charge in [0.05, 0.1) is 0 Å². The van der Waals surface area contributed by atoms with Crippen molar-refractivity contribution < 1.29 is 14.7 Å². The van der Waals surface area contributed by atoms with Crippen LogP contribution in [0.25, 0.3) is 11.4 Å². The molecule has 1 N–H and O–H groups in total. The number of halogens is 1. The summed E-state index contributed by atoms with van der Waals surface area (Å²) < 4.78 is 0. The SMILES string of the molecule is CC(C(=O)O)N(C(=O)Cn1nnc(-c2ccc(Cl)cc2)n1)C1CC1. The van der Waals surface area contributed by atoms with E-state index >= 15 is 0 Å². The molecule has 3 rings (SSSR count). The summed E-state index contributed by atoms with van der Waals surface area (Å²) in [5, 5.41) is 21.7. The van der Waals surface area contributed by atoms with Gasteiger partial charge >= 0.3 is 5.97 Å². The molecule has 1 aromatic heterocycles. The van der Waals surface area contributed by atoms with Crippen LogP contribution in [0.2, 0.25) is 5.02 Å². The number of tetrazole rings is 1. The Labute approximate surface area is 143 Å². The van der Waals surface area contributed by atoms with Crippen LogP contribution in [-0.4, -0.2) is 54.2 Å². The van der Waals surface area contributed by atoms with Gasteiger partial charge in [0, 0.05) is 16.6 Å². The molecular weight excluding hydrogens is 334 g/mol. The average molecular weight is 350 g/mol. The minimum absolute atomic E-state index is 0.0112. The lowest BCUT2D eigenvalue weighted by molar-refractivity contribution is -0.150. The molecule has 1 aromatic carbocycles. The normalized spacial score (nSPS) is 15.1. The number of carboxylic acids is 1. The zero-order chi connectivity index (χ0) is 17.3. The molecule has 126 valence electrons. The molecule has 0 bridgehead atoms. The summed E-state index contributed by atoms with van der Waals surface area (Å²) in [6, 6.07) is 6.06. The number of hydrogen-bond acceptors (Lipinski definition) is 5. The minimum atomic E-state index is -1.02. The average Bonchev–Trinajstić information content (AvgIpc) is 3.26. The van der Waals surface area contributed by atoms with Crippen molar-refractivity contribution >= 4 is 23.5 Å². The number of aliphatic carboxylic acids is 1. The zero-order valence-electron chi connectivity index (χ0n) is 13.0. The van der Waals surface area contributed by atoms with E-state index in [1.54, 1.807) is 24.3 Å². The van der Waals surface area contributed by atoms with Gasteiger partial charge in [-0.2, -0.15) is 4.80 Å². The molecule has 1 aliphatic rings. The van der Waals surface area contributed by atoms with Crippen molar-refractivity contribution in [1.29, 1.82) is 0 Å². The summed E-state index contributed by atoms with van der Waals surface area (Å²) in [5.41, 5.74) is 0.732. The highest BCUT2D eigenvalue weighted by Crippen LogP contribution is 2.29. The third-order valence-electron chi connectivity index (χ3n) is 3.83. The van der Waals surface area contributed by atoms with E-state index in [0.29, 0.717) is 10.8 Å². The van der Waals surface area contributed by atoms with E-state index in [1.807, 2.05) is 0 Å². The maximum atomic E-state index is 12.4. The summed E-state index contributed by atoms with van der Waals surface area (Å²) in [5.74, 6) is -0.972.